The summed E-state index contributed by atoms with van der Waals surface area (Å²) in [5.41, 5.74) is 5.55. The van der Waals surface area contributed by atoms with Gasteiger partial charge in [-0.1, -0.05) is 18.2 Å². The van der Waals surface area contributed by atoms with Crippen LogP contribution in [0.5, 0.6) is 0 Å². The molecule has 0 radical (unpaired) electrons. The zero-order valence-electron chi connectivity index (χ0n) is 9.50. The third-order valence-electron chi connectivity index (χ3n) is 2.75. The number of thioether (sulfide) groups is 1. The zero-order valence-corrected chi connectivity index (χ0v) is 10.3. The van der Waals surface area contributed by atoms with E-state index in [9.17, 15) is 0 Å². The van der Waals surface area contributed by atoms with E-state index in [1.165, 1.54) is 11.1 Å². The summed E-state index contributed by atoms with van der Waals surface area (Å²) in [6.07, 6.45) is 0. The third-order valence-corrected chi connectivity index (χ3v) is 3.73. The summed E-state index contributed by atoms with van der Waals surface area (Å²) in [6, 6.07) is 8.50. The fourth-order valence-corrected chi connectivity index (χ4v) is 2.80. The summed E-state index contributed by atoms with van der Waals surface area (Å²) >= 11 is 1.79. The van der Waals surface area contributed by atoms with Crippen molar-refractivity contribution in [2.24, 2.45) is 0 Å². The number of nitrogens with zero attached hydrogens (tertiary/aromatic N) is 1. The second kappa shape index (κ2) is 4.63. The molecule has 2 rings (SSSR count). The number of benzene rings is 1. The summed E-state index contributed by atoms with van der Waals surface area (Å²) < 4.78 is 0. The lowest BCUT2D eigenvalue weighted by Crippen LogP contribution is -2.04. The molecule has 0 amide bonds. The van der Waals surface area contributed by atoms with E-state index in [2.05, 4.69) is 43.4 Å². The maximum absolute atomic E-state index is 8.99. The monoisotopic (exact) mass is 230 g/mol. The number of anilines is 1. The van der Waals surface area contributed by atoms with Gasteiger partial charge >= 0.3 is 0 Å². The molecule has 1 N–H and O–H groups in total. The molecule has 1 aliphatic rings. The van der Waals surface area contributed by atoms with Gasteiger partial charge in [0.1, 0.15) is 0 Å². The Morgan fingerprint density at radius 2 is 1.94 bits per heavy atom. The standard InChI is InChI=1S/C13H14N2S/c1-9-4-3-5-10(2)13(9)15-12-8-16-7-11(12)6-14/h3-5,15H,7-8H2,1-2H3. The van der Waals surface area contributed by atoms with Gasteiger partial charge in [0.15, 0.2) is 0 Å². The number of rotatable bonds is 2. The first kappa shape index (κ1) is 11.1. The summed E-state index contributed by atoms with van der Waals surface area (Å²) in [6.45, 7) is 4.17. The number of nitriles is 1. The van der Waals surface area contributed by atoms with Crippen LogP contribution in [-0.2, 0) is 0 Å². The second-order valence-electron chi connectivity index (χ2n) is 3.95. The van der Waals surface area contributed by atoms with Gasteiger partial charge in [0, 0.05) is 22.9 Å². The smallest absolute Gasteiger partial charge is 0.0974 e. The molecule has 0 aliphatic carbocycles. The molecule has 16 heavy (non-hydrogen) atoms. The third kappa shape index (κ3) is 2.07. The molecule has 2 nitrogen and oxygen atoms in total. The molecule has 0 spiro atoms. The molecule has 0 atom stereocenters. The topological polar surface area (TPSA) is 35.8 Å². The zero-order chi connectivity index (χ0) is 11.5. The lowest BCUT2D eigenvalue weighted by molar-refractivity contribution is 1.28. The van der Waals surface area contributed by atoms with Crippen molar-refractivity contribution in [2.45, 2.75) is 13.8 Å². The van der Waals surface area contributed by atoms with Crippen molar-refractivity contribution in [1.82, 2.24) is 0 Å². The minimum atomic E-state index is 0.837. The number of hydrogen-bond acceptors (Lipinski definition) is 3. The van der Waals surface area contributed by atoms with E-state index in [1.807, 2.05) is 0 Å². The van der Waals surface area contributed by atoms with E-state index in [-0.39, 0.29) is 0 Å². The molecule has 0 unspecified atom stereocenters. The summed E-state index contributed by atoms with van der Waals surface area (Å²) in [7, 11) is 0. The summed E-state index contributed by atoms with van der Waals surface area (Å²) in [4.78, 5) is 0. The van der Waals surface area contributed by atoms with E-state index in [0.717, 1.165) is 28.5 Å². The van der Waals surface area contributed by atoms with Crippen molar-refractivity contribution in [3.05, 3.63) is 40.6 Å². The predicted octanol–water partition coefficient (Wildman–Crippen LogP) is 3.24. The van der Waals surface area contributed by atoms with Gasteiger partial charge in [-0.15, -0.1) is 11.8 Å². The molecule has 82 valence electrons. The van der Waals surface area contributed by atoms with Gasteiger partial charge in [0.25, 0.3) is 0 Å². The molecular formula is C13H14N2S. The summed E-state index contributed by atoms with van der Waals surface area (Å²) in [5, 5.41) is 12.4. The highest BCUT2D eigenvalue weighted by Crippen LogP contribution is 2.28. The molecule has 0 fully saturated rings. The molecule has 0 bridgehead atoms. The van der Waals surface area contributed by atoms with Crippen molar-refractivity contribution >= 4 is 17.4 Å². The molecule has 1 aliphatic heterocycles. The van der Waals surface area contributed by atoms with E-state index in [0.29, 0.717) is 0 Å². The molecule has 1 aromatic carbocycles. The van der Waals surface area contributed by atoms with E-state index in [1.54, 1.807) is 11.8 Å². The average molecular weight is 230 g/mol. The largest absolute Gasteiger partial charge is 0.357 e. The number of nitrogens with one attached hydrogen (secondary N) is 1. The van der Waals surface area contributed by atoms with Crippen LogP contribution in [0.25, 0.3) is 0 Å². The molecule has 1 aromatic rings. The molecule has 0 saturated carbocycles. The van der Waals surface area contributed by atoms with Gasteiger partial charge < -0.3 is 5.32 Å². The van der Waals surface area contributed by atoms with Gasteiger partial charge in [-0.05, 0) is 25.0 Å². The quantitative estimate of drug-likeness (QED) is 0.847. The number of para-hydroxylation sites is 1. The Bertz CT molecular complexity index is 463. The fraction of sp³-hybridized carbons (Fsp3) is 0.308. The second-order valence-corrected chi connectivity index (χ2v) is 4.94. The minimum Gasteiger partial charge on any atom is -0.357 e. The number of aryl methyl sites for hydroxylation is 2. The molecule has 0 saturated heterocycles. The van der Waals surface area contributed by atoms with Crippen LogP contribution in [0, 0.1) is 25.2 Å². The molecular weight excluding hydrogens is 216 g/mol. The van der Waals surface area contributed by atoms with E-state index < -0.39 is 0 Å². The van der Waals surface area contributed by atoms with Crippen LogP contribution in [0.4, 0.5) is 5.69 Å². The maximum atomic E-state index is 8.99. The Labute approximate surface area is 100 Å². The Morgan fingerprint density at radius 3 is 2.56 bits per heavy atom. The van der Waals surface area contributed by atoms with Crippen molar-refractivity contribution in [1.29, 1.82) is 5.26 Å². The first-order chi connectivity index (χ1) is 7.72. The lowest BCUT2D eigenvalue weighted by atomic mass is 10.1. The van der Waals surface area contributed by atoms with Crippen molar-refractivity contribution in [2.75, 3.05) is 16.8 Å². The Morgan fingerprint density at radius 1 is 1.25 bits per heavy atom. The van der Waals surface area contributed by atoms with Crippen molar-refractivity contribution in [3.63, 3.8) is 0 Å². The van der Waals surface area contributed by atoms with Crippen LogP contribution in [0.2, 0.25) is 0 Å². The number of hydrogen-bond donors (Lipinski definition) is 1. The molecule has 1 heterocycles. The minimum absolute atomic E-state index is 0.837. The van der Waals surface area contributed by atoms with E-state index in [4.69, 9.17) is 5.26 Å². The van der Waals surface area contributed by atoms with Crippen LogP contribution in [-0.4, -0.2) is 11.5 Å². The fourth-order valence-electron chi connectivity index (χ4n) is 1.80. The Balaban J connectivity index is 2.32. The van der Waals surface area contributed by atoms with Crippen LogP contribution in [0.3, 0.4) is 0 Å². The van der Waals surface area contributed by atoms with Crippen molar-refractivity contribution in [3.8, 4) is 6.07 Å². The first-order valence-corrected chi connectivity index (χ1v) is 6.41. The molecule has 0 aromatic heterocycles. The highest BCUT2D eigenvalue weighted by Gasteiger charge is 2.15. The van der Waals surface area contributed by atoms with Crippen LogP contribution >= 0.6 is 11.8 Å². The van der Waals surface area contributed by atoms with Crippen LogP contribution < -0.4 is 5.32 Å². The first-order valence-electron chi connectivity index (χ1n) is 5.25. The Kier molecular flexibility index (Phi) is 3.21. The van der Waals surface area contributed by atoms with Gasteiger partial charge in [-0.2, -0.15) is 5.26 Å². The average Bonchev–Trinajstić information content (AvgIpc) is 2.71. The normalized spacial score (nSPS) is 15.1. The van der Waals surface area contributed by atoms with Crippen LogP contribution in [0.1, 0.15) is 11.1 Å². The van der Waals surface area contributed by atoms with Crippen molar-refractivity contribution < 1.29 is 0 Å². The predicted molar refractivity (Wildman–Crippen MR) is 69.5 cm³/mol. The van der Waals surface area contributed by atoms with Gasteiger partial charge in [-0.25, -0.2) is 0 Å². The Hall–Kier alpha value is -1.40. The van der Waals surface area contributed by atoms with Gasteiger partial charge in [-0.3, -0.25) is 0 Å². The van der Waals surface area contributed by atoms with Crippen LogP contribution in [0.15, 0.2) is 29.5 Å². The highest BCUT2D eigenvalue weighted by molar-refractivity contribution is 7.99. The lowest BCUT2D eigenvalue weighted by Gasteiger charge is -2.13. The van der Waals surface area contributed by atoms with E-state index >= 15 is 0 Å². The van der Waals surface area contributed by atoms with Gasteiger partial charge in [0.2, 0.25) is 0 Å². The SMILES string of the molecule is Cc1cccc(C)c1NC1=C(C#N)CSC1. The summed E-state index contributed by atoms with van der Waals surface area (Å²) in [5.74, 6) is 1.75. The maximum Gasteiger partial charge on any atom is 0.0974 e. The highest BCUT2D eigenvalue weighted by atomic mass is 32.2. The molecule has 3 heteroatoms. The van der Waals surface area contributed by atoms with Gasteiger partial charge in [0.05, 0.1) is 11.6 Å².